The normalized spacial score (nSPS) is 11.0. The van der Waals surface area contributed by atoms with E-state index < -0.39 is 17.6 Å². The average Bonchev–Trinajstić information content (AvgIpc) is 2.93. The number of amides is 3. The van der Waals surface area contributed by atoms with E-state index in [1.165, 1.54) is 36.0 Å². The second-order valence-corrected chi connectivity index (χ2v) is 10.3. The largest absolute Gasteiger partial charge is 0.325 e. The summed E-state index contributed by atoms with van der Waals surface area (Å²) in [5.74, 6) is -1.78. The summed E-state index contributed by atoms with van der Waals surface area (Å²) in [5, 5.41) is 8.87. The number of carbonyl (C=O) groups excluding carboxylic acids is 3. The van der Waals surface area contributed by atoms with Crippen LogP contribution >= 0.6 is 35.0 Å². The minimum Gasteiger partial charge on any atom is -0.325 e. The summed E-state index contributed by atoms with van der Waals surface area (Å²) in [6.45, 7) is 0. The molecule has 10 heteroatoms. The molecule has 3 N–H and O–H groups in total. The lowest BCUT2D eigenvalue weighted by Gasteiger charge is -2.12. The quantitative estimate of drug-likeness (QED) is 0.141. The third-order valence-electron chi connectivity index (χ3n) is 5.36. The maximum atomic E-state index is 14.3. The summed E-state index contributed by atoms with van der Waals surface area (Å²) in [7, 11) is 0. The highest BCUT2D eigenvalue weighted by molar-refractivity contribution is 8.00. The molecule has 0 aliphatic heterocycles. The monoisotopic (exact) mass is 593 g/mol. The molecule has 0 spiro atoms. The van der Waals surface area contributed by atoms with Gasteiger partial charge in [-0.1, -0.05) is 59.6 Å². The van der Waals surface area contributed by atoms with Crippen molar-refractivity contribution in [1.82, 2.24) is 5.32 Å². The van der Waals surface area contributed by atoms with Gasteiger partial charge in [0.2, 0.25) is 5.91 Å². The predicted octanol–water partition coefficient (Wildman–Crippen LogP) is 7.27. The molecule has 4 rings (SSSR count). The first-order chi connectivity index (χ1) is 19.3. The number of anilines is 2. The molecule has 4 aromatic rings. The molecular formula is C30H22Cl2FN3O3S. The molecule has 0 bridgehead atoms. The number of nitrogens with one attached hydrogen (secondary N) is 3. The first-order valence-corrected chi connectivity index (χ1v) is 13.6. The standard InChI is InChI=1S/C30H22Cl2FN3O3S/c31-21-15-22(32)17-24(16-21)34-28(37)18-40-25-12-10-23(11-13-25)35-30(39)27(14-20-8-4-5-9-26(20)33)36-29(38)19-6-2-1-3-7-19/h1-17H,18H2,(H,34,37)(H,35,39)(H,36,38)/b27-14-. The minimum absolute atomic E-state index is 0.129. The van der Waals surface area contributed by atoms with Crippen LogP contribution in [0.3, 0.4) is 0 Å². The zero-order valence-corrected chi connectivity index (χ0v) is 23.1. The smallest absolute Gasteiger partial charge is 0.272 e. The molecule has 0 saturated heterocycles. The van der Waals surface area contributed by atoms with Crippen LogP contribution in [0, 0.1) is 5.82 Å². The molecular weight excluding hydrogens is 572 g/mol. The van der Waals surface area contributed by atoms with E-state index >= 15 is 0 Å². The molecule has 0 aliphatic rings. The second kappa shape index (κ2) is 13.8. The van der Waals surface area contributed by atoms with Crippen LogP contribution in [-0.4, -0.2) is 23.5 Å². The molecule has 202 valence electrons. The van der Waals surface area contributed by atoms with Crippen molar-refractivity contribution in [3.05, 3.63) is 130 Å². The van der Waals surface area contributed by atoms with Crippen LogP contribution in [0.1, 0.15) is 15.9 Å². The topological polar surface area (TPSA) is 87.3 Å². The highest BCUT2D eigenvalue weighted by Gasteiger charge is 2.16. The molecule has 0 aliphatic carbocycles. The molecule has 0 radical (unpaired) electrons. The van der Waals surface area contributed by atoms with E-state index in [4.69, 9.17) is 23.2 Å². The van der Waals surface area contributed by atoms with Gasteiger partial charge in [0.25, 0.3) is 11.8 Å². The Morgan fingerprint density at radius 2 is 1.43 bits per heavy atom. The Morgan fingerprint density at radius 1 is 0.775 bits per heavy atom. The van der Waals surface area contributed by atoms with Gasteiger partial charge in [0.05, 0.1) is 5.75 Å². The Labute approximate surface area is 244 Å². The van der Waals surface area contributed by atoms with E-state index in [2.05, 4.69) is 16.0 Å². The van der Waals surface area contributed by atoms with Crippen LogP contribution in [0.2, 0.25) is 10.0 Å². The Hall–Kier alpha value is -4.11. The van der Waals surface area contributed by atoms with Crippen molar-refractivity contribution in [3.8, 4) is 0 Å². The van der Waals surface area contributed by atoms with E-state index in [-0.39, 0.29) is 22.9 Å². The zero-order chi connectivity index (χ0) is 28.5. The number of thioether (sulfide) groups is 1. The van der Waals surface area contributed by atoms with Crippen molar-refractivity contribution in [1.29, 1.82) is 0 Å². The predicted molar refractivity (Wildman–Crippen MR) is 159 cm³/mol. The fourth-order valence-corrected chi connectivity index (χ4v) is 4.72. The molecule has 0 saturated carbocycles. The maximum absolute atomic E-state index is 14.3. The summed E-state index contributed by atoms with van der Waals surface area (Å²) < 4.78 is 14.3. The highest BCUT2D eigenvalue weighted by atomic mass is 35.5. The summed E-state index contributed by atoms with van der Waals surface area (Å²) in [6.07, 6.45) is 1.28. The Morgan fingerprint density at radius 3 is 2.10 bits per heavy atom. The minimum atomic E-state index is -0.632. The van der Waals surface area contributed by atoms with E-state index in [0.717, 1.165) is 4.90 Å². The van der Waals surface area contributed by atoms with Crippen LogP contribution in [0.4, 0.5) is 15.8 Å². The number of rotatable bonds is 9. The van der Waals surface area contributed by atoms with Crippen molar-refractivity contribution in [2.24, 2.45) is 0 Å². The van der Waals surface area contributed by atoms with Crippen molar-refractivity contribution >= 4 is 70.1 Å². The van der Waals surface area contributed by atoms with Crippen molar-refractivity contribution in [2.45, 2.75) is 4.90 Å². The number of halogens is 3. The Kier molecular flexibility index (Phi) is 9.96. The third kappa shape index (κ3) is 8.44. The number of carbonyl (C=O) groups is 3. The summed E-state index contributed by atoms with van der Waals surface area (Å²) in [4.78, 5) is 39.0. The van der Waals surface area contributed by atoms with Gasteiger partial charge in [-0.05, 0) is 66.7 Å². The van der Waals surface area contributed by atoms with Crippen LogP contribution in [0.25, 0.3) is 6.08 Å². The van der Waals surface area contributed by atoms with Crippen LogP contribution in [-0.2, 0) is 9.59 Å². The number of benzene rings is 4. The SMILES string of the molecule is O=C(CSc1ccc(NC(=O)/C(=C/c2ccccc2F)NC(=O)c2ccccc2)cc1)Nc1cc(Cl)cc(Cl)c1. The molecule has 0 aromatic heterocycles. The lowest BCUT2D eigenvalue weighted by molar-refractivity contribution is -0.114. The van der Waals surface area contributed by atoms with Crippen LogP contribution in [0.15, 0.2) is 108 Å². The van der Waals surface area contributed by atoms with Gasteiger partial charge in [-0.2, -0.15) is 0 Å². The van der Waals surface area contributed by atoms with E-state index in [1.54, 1.807) is 78.9 Å². The lowest BCUT2D eigenvalue weighted by atomic mass is 10.1. The fourth-order valence-electron chi connectivity index (χ4n) is 3.49. The van der Waals surface area contributed by atoms with Crippen molar-refractivity contribution in [2.75, 3.05) is 16.4 Å². The fraction of sp³-hybridized carbons (Fsp3) is 0.0333. The van der Waals surface area contributed by atoms with Gasteiger partial charge in [-0.25, -0.2) is 4.39 Å². The Balaban J connectivity index is 1.41. The highest BCUT2D eigenvalue weighted by Crippen LogP contribution is 2.24. The third-order valence-corrected chi connectivity index (χ3v) is 6.81. The molecule has 0 heterocycles. The summed E-state index contributed by atoms with van der Waals surface area (Å²) in [5.41, 5.74) is 1.31. The maximum Gasteiger partial charge on any atom is 0.272 e. The van der Waals surface area contributed by atoms with Crippen molar-refractivity contribution in [3.63, 3.8) is 0 Å². The molecule has 40 heavy (non-hydrogen) atoms. The average molecular weight is 594 g/mol. The molecule has 0 atom stereocenters. The lowest BCUT2D eigenvalue weighted by Crippen LogP contribution is -2.30. The van der Waals surface area contributed by atoms with E-state index in [1.807, 2.05) is 0 Å². The molecule has 4 aromatic carbocycles. The number of hydrogen-bond donors (Lipinski definition) is 3. The van der Waals surface area contributed by atoms with Crippen molar-refractivity contribution < 1.29 is 18.8 Å². The van der Waals surface area contributed by atoms with Gasteiger partial charge in [0.15, 0.2) is 0 Å². The molecule has 3 amide bonds. The second-order valence-electron chi connectivity index (χ2n) is 8.37. The van der Waals surface area contributed by atoms with Gasteiger partial charge >= 0.3 is 0 Å². The van der Waals surface area contributed by atoms with Gasteiger partial charge in [0, 0.05) is 37.4 Å². The number of hydrogen-bond acceptors (Lipinski definition) is 4. The first-order valence-electron chi connectivity index (χ1n) is 11.9. The van der Waals surface area contributed by atoms with E-state index in [0.29, 0.717) is 27.0 Å². The van der Waals surface area contributed by atoms with Gasteiger partial charge in [-0.15, -0.1) is 11.8 Å². The van der Waals surface area contributed by atoms with Gasteiger partial charge in [0.1, 0.15) is 11.5 Å². The molecule has 0 fully saturated rings. The van der Waals surface area contributed by atoms with Crippen LogP contribution < -0.4 is 16.0 Å². The van der Waals surface area contributed by atoms with E-state index in [9.17, 15) is 18.8 Å². The zero-order valence-electron chi connectivity index (χ0n) is 20.8. The van der Waals surface area contributed by atoms with Gasteiger partial charge in [-0.3, -0.25) is 14.4 Å². The Bertz CT molecular complexity index is 1540. The van der Waals surface area contributed by atoms with Crippen LogP contribution in [0.5, 0.6) is 0 Å². The first kappa shape index (κ1) is 28.9. The molecule has 6 nitrogen and oxygen atoms in total. The molecule has 0 unspecified atom stereocenters. The van der Waals surface area contributed by atoms with Gasteiger partial charge < -0.3 is 16.0 Å². The summed E-state index contributed by atoms with van der Waals surface area (Å²) in [6, 6.07) is 25.9. The summed E-state index contributed by atoms with van der Waals surface area (Å²) >= 11 is 13.2.